The molecule has 4 nitrogen and oxygen atoms in total. The van der Waals surface area contributed by atoms with Gasteiger partial charge in [-0.3, -0.25) is 9.59 Å². The van der Waals surface area contributed by atoms with Crippen LogP contribution in [0, 0.1) is 13.8 Å². The highest BCUT2D eigenvalue weighted by Gasteiger charge is 2.09. The first-order valence-corrected chi connectivity index (χ1v) is 9.50. The van der Waals surface area contributed by atoms with E-state index in [1.54, 1.807) is 17.4 Å². The number of nitrogens with one attached hydrogen (secondary N) is 2. The maximum Gasteiger partial charge on any atom is 0.251 e. The summed E-state index contributed by atoms with van der Waals surface area (Å²) in [5.41, 5.74) is 4.01. The third-order valence-electron chi connectivity index (χ3n) is 4.46. The lowest BCUT2D eigenvalue weighted by molar-refractivity contribution is -0.120. The summed E-state index contributed by atoms with van der Waals surface area (Å²) in [4.78, 5) is 24.1. The number of hydrogen-bond acceptors (Lipinski definition) is 3. The van der Waals surface area contributed by atoms with Gasteiger partial charge in [-0.15, -0.1) is 11.3 Å². The Bertz CT molecular complexity index is 946. The molecule has 0 saturated heterocycles. The van der Waals surface area contributed by atoms with Crippen molar-refractivity contribution in [3.8, 4) is 0 Å². The molecular formula is C21H22N2O2S. The summed E-state index contributed by atoms with van der Waals surface area (Å²) in [7, 11) is 0. The number of amides is 2. The molecule has 0 aliphatic carbocycles. The highest BCUT2D eigenvalue weighted by molar-refractivity contribution is 7.17. The molecule has 0 aliphatic rings. The lowest BCUT2D eigenvalue weighted by Gasteiger charge is -2.08. The number of rotatable bonds is 6. The number of thiophene rings is 1. The first-order valence-electron chi connectivity index (χ1n) is 8.62. The van der Waals surface area contributed by atoms with Crippen molar-refractivity contribution in [1.82, 2.24) is 10.6 Å². The number of aryl methyl sites for hydroxylation is 2. The molecule has 5 heteroatoms. The van der Waals surface area contributed by atoms with Crippen molar-refractivity contribution in [2.75, 3.05) is 13.1 Å². The maximum absolute atomic E-state index is 12.1. The summed E-state index contributed by atoms with van der Waals surface area (Å²) in [5, 5.41) is 8.92. The fourth-order valence-corrected chi connectivity index (χ4v) is 3.77. The lowest BCUT2D eigenvalue weighted by Crippen LogP contribution is -2.37. The molecule has 0 saturated carbocycles. The second-order valence-electron chi connectivity index (χ2n) is 6.34. The van der Waals surface area contributed by atoms with Crippen LogP contribution in [-0.4, -0.2) is 24.9 Å². The lowest BCUT2D eigenvalue weighted by atomic mass is 10.1. The van der Waals surface area contributed by atoms with Gasteiger partial charge in [-0.25, -0.2) is 0 Å². The van der Waals surface area contributed by atoms with E-state index in [-0.39, 0.29) is 18.4 Å². The van der Waals surface area contributed by atoms with Crippen molar-refractivity contribution in [3.63, 3.8) is 0 Å². The summed E-state index contributed by atoms with van der Waals surface area (Å²) in [6.45, 7) is 4.50. The minimum Gasteiger partial charge on any atom is -0.354 e. The molecule has 1 heterocycles. The zero-order valence-electron chi connectivity index (χ0n) is 15.0. The van der Waals surface area contributed by atoms with Gasteiger partial charge in [0.15, 0.2) is 0 Å². The van der Waals surface area contributed by atoms with Gasteiger partial charge in [-0.05, 0) is 65.9 Å². The Kier molecular flexibility index (Phi) is 5.68. The molecule has 26 heavy (non-hydrogen) atoms. The van der Waals surface area contributed by atoms with Gasteiger partial charge >= 0.3 is 0 Å². The molecule has 2 amide bonds. The van der Waals surface area contributed by atoms with E-state index in [0.29, 0.717) is 12.1 Å². The number of fused-ring (bicyclic) bond motifs is 1. The average Bonchev–Trinajstić information content (AvgIpc) is 3.05. The summed E-state index contributed by atoms with van der Waals surface area (Å²) in [6.07, 6.45) is 0.779. The van der Waals surface area contributed by atoms with Crippen molar-refractivity contribution < 1.29 is 9.59 Å². The van der Waals surface area contributed by atoms with E-state index in [1.165, 1.54) is 15.6 Å². The fourth-order valence-electron chi connectivity index (χ4n) is 2.77. The minimum absolute atomic E-state index is 0.0177. The number of carbonyl (C=O) groups excluding carboxylic acids is 2. The monoisotopic (exact) mass is 366 g/mol. The molecule has 2 aromatic carbocycles. The molecule has 0 spiro atoms. The van der Waals surface area contributed by atoms with Gasteiger partial charge in [0.2, 0.25) is 5.91 Å². The molecule has 1 aromatic heterocycles. The first-order chi connectivity index (χ1) is 12.5. The third kappa shape index (κ3) is 4.29. The molecular weight excluding hydrogens is 344 g/mol. The topological polar surface area (TPSA) is 58.2 Å². The molecule has 3 rings (SSSR count). The molecule has 0 radical (unpaired) electrons. The minimum atomic E-state index is -0.230. The van der Waals surface area contributed by atoms with Crippen LogP contribution >= 0.6 is 11.3 Å². The Hall–Kier alpha value is -2.66. The van der Waals surface area contributed by atoms with Crippen LogP contribution in [0.4, 0.5) is 0 Å². The van der Waals surface area contributed by atoms with Crippen molar-refractivity contribution in [2.45, 2.75) is 20.3 Å². The smallest absolute Gasteiger partial charge is 0.251 e. The van der Waals surface area contributed by atoms with E-state index in [1.807, 2.05) is 38.1 Å². The van der Waals surface area contributed by atoms with E-state index in [2.05, 4.69) is 28.1 Å². The molecule has 134 valence electrons. The van der Waals surface area contributed by atoms with Crippen LogP contribution in [0.1, 0.15) is 27.0 Å². The zero-order chi connectivity index (χ0) is 18.5. The predicted octanol–water partition coefficient (Wildman–Crippen LogP) is 3.61. The molecule has 0 atom stereocenters. The fraction of sp³-hybridized carbons (Fsp3) is 0.238. The molecule has 0 aliphatic heterocycles. The number of benzene rings is 2. The van der Waals surface area contributed by atoms with Crippen LogP contribution < -0.4 is 10.6 Å². The van der Waals surface area contributed by atoms with Crippen LogP contribution in [0.5, 0.6) is 0 Å². The molecule has 3 aromatic rings. The average molecular weight is 366 g/mol. The quantitative estimate of drug-likeness (QED) is 0.700. The molecule has 2 N–H and O–H groups in total. The Labute approximate surface area is 157 Å². The largest absolute Gasteiger partial charge is 0.354 e. The predicted molar refractivity (Wildman–Crippen MR) is 107 cm³/mol. The van der Waals surface area contributed by atoms with Crippen molar-refractivity contribution >= 4 is 33.2 Å². The van der Waals surface area contributed by atoms with E-state index >= 15 is 0 Å². The van der Waals surface area contributed by atoms with Gasteiger partial charge in [0.1, 0.15) is 0 Å². The molecule has 0 bridgehead atoms. The van der Waals surface area contributed by atoms with E-state index in [9.17, 15) is 9.59 Å². The second kappa shape index (κ2) is 8.15. The van der Waals surface area contributed by atoms with E-state index < -0.39 is 0 Å². The highest BCUT2D eigenvalue weighted by Crippen LogP contribution is 2.25. The van der Waals surface area contributed by atoms with Crippen LogP contribution in [0.25, 0.3) is 10.1 Å². The van der Waals surface area contributed by atoms with Gasteiger partial charge in [-0.1, -0.05) is 24.3 Å². The van der Waals surface area contributed by atoms with Gasteiger partial charge in [-0.2, -0.15) is 0 Å². The van der Waals surface area contributed by atoms with Crippen molar-refractivity contribution in [2.24, 2.45) is 0 Å². The van der Waals surface area contributed by atoms with Gasteiger partial charge in [0.05, 0.1) is 6.54 Å². The van der Waals surface area contributed by atoms with Gasteiger partial charge in [0.25, 0.3) is 5.91 Å². The summed E-state index contributed by atoms with van der Waals surface area (Å²) in [5.74, 6) is -0.409. The van der Waals surface area contributed by atoms with Crippen LogP contribution in [-0.2, 0) is 11.2 Å². The van der Waals surface area contributed by atoms with Crippen LogP contribution in [0.2, 0.25) is 0 Å². The highest BCUT2D eigenvalue weighted by atomic mass is 32.1. The Balaban J connectivity index is 1.45. The van der Waals surface area contributed by atoms with Gasteiger partial charge < -0.3 is 10.6 Å². The summed E-state index contributed by atoms with van der Waals surface area (Å²) < 4.78 is 1.26. The Morgan fingerprint density at radius 2 is 1.81 bits per heavy atom. The Morgan fingerprint density at radius 3 is 2.62 bits per heavy atom. The normalized spacial score (nSPS) is 10.7. The zero-order valence-corrected chi connectivity index (χ0v) is 15.8. The van der Waals surface area contributed by atoms with Crippen LogP contribution in [0.3, 0.4) is 0 Å². The SMILES string of the molecule is Cc1ccc(C(=O)NCC(=O)NCCc2csc3ccccc23)cc1C. The second-order valence-corrected chi connectivity index (χ2v) is 7.25. The van der Waals surface area contributed by atoms with E-state index in [4.69, 9.17) is 0 Å². The summed E-state index contributed by atoms with van der Waals surface area (Å²) >= 11 is 1.72. The summed E-state index contributed by atoms with van der Waals surface area (Å²) in [6, 6.07) is 13.8. The maximum atomic E-state index is 12.1. The van der Waals surface area contributed by atoms with E-state index in [0.717, 1.165) is 17.5 Å². The third-order valence-corrected chi connectivity index (χ3v) is 5.47. The van der Waals surface area contributed by atoms with Crippen molar-refractivity contribution in [1.29, 1.82) is 0 Å². The van der Waals surface area contributed by atoms with Crippen LogP contribution in [0.15, 0.2) is 47.8 Å². The number of hydrogen-bond donors (Lipinski definition) is 2. The number of carbonyl (C=O) groups is 2. The first kappa shape index (κ1) is 18.1. The Morgan fingerprint density at radius 1 is 1.00 bits per heavy atom. The van der Waals surface area contributed by atoms with Gasteiger partial charge in [0, 0.05) is 16.8 Å². The standard InChI is InChI=1S/C21H22N2O2S/c1-14-7-8-16(11-15(14)2)21(25)23-12-20(24)22-10-9-17-13-26-19-6-4-3-5-18(17)19/h3-8,11,13H,9-10,12H2,1-2H3,(H,22,24)(H,23,25). The molecule has 0 unspecified atom stereocenters. The van der Waals surface area contributed by atoms with Crippen molar-refractivity contribution in [3.05, 3.63) is 70.1 Å². The molecule has 0 fully saturated rings.